The van der Waals surface area contributed by atoms with Crippen LogP contribution in [-0.4, -0.2) is 18.6 Å². The molecule has 0 radical (unpaired) electrons. The van der Waals surface area contributed by atoms with E-state index in [2.05, 4.69) is 5.32 Å². The summed E-state index contributed by atoms with van der Waals surface area (Å²) in [6, 6.07) is 12.3. The second-order valence-corrected chi connectivity index (χ2v) is 6.23. The molecular weight excluding hydrogens is 317 g/mol. The van der Waals surface area contributed by atoms with E-state index in [1.54, 1.807) is 12.1 Å². The SMILES string of the molecule is CC[C@@H](Oc1cccc(C)c1C)C(=O)NCCCc1ccc(F)cc1. The molecule has 3 nitrogen and oxygen atoms in total. The first kappa shape index (κ1) is 19.0. The van der Waals surface area contributed by atoms with Gasteiger partial charge >= 0.3 is 0 Å². The maximum absolute atomic E-state index is 12.9. The Morgan fingerprint density at radius 1 is 1.16 bits per heavy atom. The highest BCUT2D eigenvalue weighted by Crippen LogP contribution is 2.22. The molecule has 2 aromatic rings. The molecule has 0 bridgehead atoms. The number of halogens is 1. The second-order valence-electron chi connectivity index (χ2n) is 6.23. The van der Waals surface area contributed by atoms with Gasteiger partial charge in [-0.1, -0.05) is 31.2 Å². The zero-order valence-electron chi connectivity index (χ0n) is 15.1. The molecule has 0 aliphatic carbocycles. The Balaban J connectivity index is 1.81. The summed E-state index contributed by atoms with van der Waals surface area (Å²) in [5, 5.41) is 2.93. The van der Waals surface area contributed by atoms with E-state index in [1.807, 2.05) is 39.0 Å². The first-order valence-electron chi connectivity index (χ1n) is 8.76. The van der Waals surface area contributed by atoms with Crippen LogP contribution in [0.15, 0.2) is 42.5 Å². The molecule has 0 aliphatic heterocycles. The first-order valence-corrected chi connectivity index (χ1v) is 8.76. The van der Waals surface area contributed by atoms with Crippen LogP contribution in [0.3, 0.4) is 0 Å². The van der Waals surface area contributed by atoms with Gasteiger partial charge in [0.1, 0.15) is 11.6 Å². The molecule has 0 saturated heterocycles. The topological polar surface area (TPSA) is 38.3 Å². The third kappa shape index (κ3) is 5.59. The van der Waals surface area contributed by atoms with Crippen LogP contribution in [-0.2, 0) is 11.2 Å². The normalized spacial score (nSPS) is 11.8. The summed E-state index contributed by atoms with van der Waals surface area (Å²) in [7, 11) is 0. The predicted molar refractivity (Wildman–Crippen MR) is 98.4 cm³/mol. The molecule has 0 aromatic heterocycles. The van der Waals surface area contributed by atoms with Gasteiger partial charge in [-0.15, -0.1) is 0 Å². The van der Waals surface area contributed by atoms with E-state index in [0.29, 0.717) is 13.0 Å². The van der Waals surface area contributed by atoms with E-state index >= 15 is 0 Å². The largest absolute Gasteiger partial charge is 0.480 e. The lowest BCUT2D eigenvalue weighted by molar-refractivity contribution is -0.128. The monoisotopic (exact) mass is 343 g/mol. The lowest BCUT2D eigenvalue weighted by Crippen LogP contribution is -2.38. The van der Waals surface area contributed by atoms with E-state index in [4.69, 9.17) is 4.74 Å². The second kappa shape index (κ2) is 9.21. The van der Waals surface area contributed by atoms with Crippen molar-refractivity contribution < 1.29 is 13.9 Å². The fourth-order valence-electron chi connectivity index (χ4n) is 2.60. The molecule has 0 heterocycles. The minimum atomic E-state index is -0.494. The van der Waals surface area contributed by atoms with Crippen molar-refractivity contribution in [2.45, 2.75) is 46.1 Å². The van der Waals surface area contributed by atoms with E-state index in [9.17, 15) is 9.18 Å². The standard InChI is InChI=1S/C21H26FNO2/c1-4-19(25-20-9-5-7-15(2)16(20)3)21(24)23-14-6-8-17-10-12-18(22)13-11-17/h5,7,9-13,19H,4,6,8,14H2,1-3H3,(H,23,24)/t19-/m1/s1. The van der Waals surface area contributed by atoms with Crippen molar-refractivity contribution in [1.82, 2.24) is 5.32 Å². The lowest BCUT2D eigenvalue weighted by atomic mass is 10.1. The lowest BCUT2D eigenvalue weighted by Gasteiger charge is -2.19. The molecule has 0 spiro atoms. The highest BCUT2D eigenvalue weighted by atomic mass is 19.1. The van der Waals surface area contributed by atoms with Gasteiger partial charge in [0, 0.05) is 6.54 Å². The van der Waals surface area contributed by atoms with Gasteiger partial charge in [-0.05, 0) is 68.0 Å². The van der Waals surface area contributed by atoms with Crippen molar-refractivity contribution in [3.05, 3.63) is 65.0 Å². The Bertz CT molecular complexity index is 698. The zero-order valence-corrected chi connectivity index (χ0v) is 15.1. The number of nitrogens with one attached hydrogen (secondary N) is 1. The molecule has 0 saturated carbocycles. The summed E-state index contributed by atoms with van der Waals surface area (Å²) < 4.78 is 18.8. The average molecular weight is 343 g/mol. The van der Waals surface area contributed by atoms with Crippen LogP contribution in [0.4, 0.5) is 4.39 Å². The molecule has 1 N–H and O–H groups in total. The van der Waals surface area contributed by atoms with E-state index in [0.717, 1.165) is 35.3 Å². The van der Waals surface area contributed by atoms with E-state index in [-0.39, 0.29) is 11.7 Å². The first-order chi connectivity index (χ1) is 12.0. The quantitative estimate of drug-likeness (QED) is 0.724. The molecule has 25 heavy (non-hydrogen) atoms. The Kier molecular flexibility index (Phi) is 6.99. The smallest absolute Gasteiger partial charge is 0.261 e. The molecule has 134 valence electrons. The van der Waals surface area contributed by atoms with Crippen molar-refractivity contribution in [2.75, 3.05) is 6.54 Å². The molecule has 2 rings (SSSR count). The van der Waals surface area contributed by atoms with Crippen molar-refractivity contribution in [2.24, 2.45) is 0 Å². The third-order valence-corrected chi connectivity index (χ3v) is 4.34. The molecule has 4 heteroatoms. The number of benzene rings is 2. The summed E-state index contributed by atoms with van der Waals surface area (Å²) in [4.78, 5) is 12.3. The summed E-state index contributed by atoms with van der Waals surface area (Å²) in [5.41, 5.74) is 3.27. The molecule has 2 aromatic carbocycles. The summed E-state index contributed by atoms with van der Waals surface area (Å²) in [6.45, 7) is 6.54. The maximum atomic E-state index is 12.9. The van der Waals surface area contributed by atoms with Gasteiger partial charge in [0.25, 0.3) is 5.91 Å². The van der Waals surface area contributed by atoms with Crippen LogP contribution in [0.25, 0.3) is 0 Å². The third-order valence-electron chi connectivity index (χ3n) is 4.34. The number of carbonyl (C=O) groups excluding carboxylic acids is 1. The zero-order chi connectivity index (χ0) is 18.2. The van der Waals surface area contributed by atoms with Crippen molar-refractivity contribution in [3.8, 4) is 5.75 Å². The molecule has 1 amide bonds. The fraction of sp³-hybridized carbons (Fsp3) is 0.381. The number of hydrogen-bond acceptors (Lipinski definition) is 2. The Hall–Kier alpha value is -2.36. The van der Waals surface area contributed by atoms with Gasteiger partial charge in [-0.25, -0.2) is 4.39 Å². The number of amides is 1. The Morgan fingerprint density at radius 2 is 1.88 bits per heavy atom. The summed E-state index contributed by atoms with van der Waals surface area (Å²) in [5.74, 6) is 0.433. The minimum absolute atomic E-state index is 0.0949. The molecule has 0 fully saturated rings. The van der Waals surface area contributed by atoms with Gasteiger partial charge < -0.3 is 10.1 Å². The number of ether oxygens (including phenoxy) is 1. The van der Waals surface area contributed by atoms with Crippen LogP contribution in [0, 0.1) is 19.7 Å². The molecule has 0 unspecified atom stereocenters. The number of carbonyl (C=O) groups is 1. The van der Waals surface area contributed by atoms with Gasteiger partial charge in [0.05, 0.1) is 0 Å². The van der Waals surface area contributed by atoms with Crippen molar-refractivity contribution in [1.29, 1.82) is 0 Å². The van der Waals surface area contributed by atoms with Crippen molar-refractivity contribution in [3.63, 3.8) is 0 Å². The Labute approximate surface area is 149 Å². The summed E-state index contributed by atoms with van der Waals surface area (Å²) >= 11 is 0. The van der Waals surface area contributed by atoms with E-state index < -0.39 is 6.10 Å². The van der Waals surface area contributed by atoms with Gasteiger partial charge in [0.15, 0.2) is 6.10 Å². The molecule has 0 aliphatic rings. The minimum Gasteiger partial charge on any atom is -0.480 e. The van der Waals surface area contributed by atoms with Crippen LogP contribution >= 0.6 is 0 Å². The molecule has 1 atom stereocenters. The summed E-state index contributed by atoms with van der Waals surface area (Å²) in [6.07, 6.45) is 1.72. The number of aryl methyl sites for hydroxylation is 2. The maximum Gasteiger partial charge on any atom is 0.261 e. The van der Waals surface area contributed by atoms with Crippen LogP contribution in [0.2, 0.25) is 0 Å². The predicted octanol–water partition coefficient (Wildman–Crippen LogP) is 4.35. The number of hydrogen-bond donors (Lipinski definition) is 1. The van der Waals surface area contributed by atoms with Crippen LogP contribution < -0.4 is 10.1 Å². The number of rotatable bonds is 8. The van der Waals surface area contributed by atoms with Crippen LogP contribution in [0.1, 0.15) is 36.5 Å². The van der Waals surface area contributed by atoms with Crippen molar-refractivity contribution >= 4 is 5.91 Å². The average Bonchev–Trinajstić information content (AvgIpc) is 2.61. The van der Waals surface area contributed by atoms with Gasteiger partial charge in [-0.2, -0.15) is 0 Å². The van der Waals surface area contributed by atoms with E-state index in [1.165, 1.54) is 12.1 Å². The van der Waals surface area contributed by atoms with Crippen LogP contribution in [0.5, 0.6) is 5.75 Å². The van der Waals surface area contributed by atoms with Gasteiger partial charge in [0.2, 0.25) is 0 Å². The fourth-order valence-corrected chi connectivity index (χ4v) is 2.60. The molecular formula is C21H26FNO2. The highest BCUT2D eigenvalue weighted by Gasteiger charge is 2.18. The van der Waals surface area contributed by atoms with Gasteiger partial charge in [-0.3, -0.25) is 4.79 Å². The Morgan fingerprint density at radius 3 is 2.56 bits per heavy atom. The highest BCUT2D eigenvalue weighted by molar-refractivity contribution is 5.81.